The summed E-state index contributed by atoms with van der Waals surface area (Å²) in [5.41, 5.74) is 3.25. The van der Waals surface area contributed by atoms with Gasteiger partial charge in [-0.1, -0.05) is 0 Å². The quantitative estimate of drug-likeness (QED) is 0.646. The maximum absolute atomic E-state index is 13.4. The van der Waals surface area contributed by atoms with E-state index in [9.17, 15) is 4.79 Å². The van der Waals surface area contributed by atoms with Gasteiger partial charge >= 0.3 is 6.03 Å². The summed E-state index contributed by atoms with van der Waals surface area (Å²) in [7, 11) is 3.19. The van der Waals surface area contributed by atoms with E-state index in [1.54, 1.807) is 48.7 Å². The van der Waals surface area contributed by atoms with Gasteiger partial charge in [0.1, 0.15) is 17.3 Å². The van der Waals surface area contributed by atoms with E-state index in [4.69, 9.17) is 9.47 Å². The molecule has 0 fully saturated rings. The van der Waals surface area contributed by atoms with E-state index in [0.29, 0.717) is 36.4 Å². The van der Waals surface area contributed by atoms with E-state index >= 15 is 0 Å². The highest BCUT2D eigenvalue weighted by Gasteiger charge is 2.33. The second-order valence-electron chi connectivity index (χ2n) is 6.99. The number of carbonyl (C=O) groups is 1. The van der Waals surface area contributed by atoms with E-state index in [-0.39, 0.29) is 6.03 Å². The number of nitrogens with one attached hydrogen (secondary N) is 1. The molecule has 0 bridgehead atoms. The zero-order valence-electron chi connectivity index (χ0n) is 17.9. The maximum Gasteiger partial charge on any atom is 0.330 e. The summed E-state index contributed by atoms with van der Waals surface area (Å²) in [5.74, 6) is 2.29. The standard InChI is InChI=1S/C22H24N6O3/c1-5-27-20-15(12-24-21(26-20)25-16-6-8-23-9-7-16)13-28(22(27)29)18-10-17(30-3)11-19(31-4)14(18)2/h6-12H,5,13H2,1-4H3,(H,23,24,25,26). The third-order valence-corrected chi connectivity index (χ3v) is 5.19. The fourth-order valence-corrected chi connectivity index (χ4v) is 3.57. The number of anilines is 4. The first-order valence-corrected chi connectivity index (χ1v) is 9.90. The molecule has 0 saturated carbocycles. The van der Waals surface area contributed by atoms with Gasteiger partial charge in [-0.15, -0.1) is 0 Å². The molecule has 1 aliphatic heterocycles. The summed E-state index contributed by atoms with van der Waals surface area (Å²) in [5, 5.41) is 3.15. The Balaban J connectivity index is 1.72. The van der Waals surface area contributed by atoms with Crippen molar-refractivity contribution in [1.82, 2.24) is 15.0 Å². The van der Waals surface area contributed by atoms with Crippen LogP contribution in [0.4, 0.5) is 27.9 Å². The van der Waals surface area contributed by atoms with E-state index in [1.165, 1.54) is 0 Å². The Morgan fingerprint density at radius 1 is 1.16 bits per heavy atom. The van der Waals surface area contributed by atoms with Crippen LogP contribution in [-0.2, 0) is 6.54 Å². The number of hydrogen-bond donors (Lipinski definition) is 1. The summed E-state index contributed by atoms with van der Waals surface area (Å²) in [6, 6.07) is 7.13. The minimum absolute atomic E-state index is 0.165. The molecule has 0 unspecified atom stereocenters. The van der Waals surface area contributed by atoms with Gasteiger partial charge < -0.3 is 14.8 Å². The monoisotopic (exact) mass is 420 g/mol. The normalized spacial score (nSPS) is 13.1. The molecule has 0 aliphatic carbocycles. The van der Waals surface area contributed by atoms with Crippen molar-refractivity contribution in [3.63, 3.8) is 0 Å². The third-order valence-electron chi connectivity index (χ3n) is 5.19. The van der Waals surface area contributed by atoms with E-state index in [2.05, 4.69) is 20.3 Å². The van der Waals surface area contributed by atoms with Crippen molar-refractivity contribution in [3.8, 4) is 11.5 Å². The topological polar surface area (TPSA) is 92.7 Å². The van der Waals surface area contributed by atoms with Gasteiger partial charge in [-0.05, 0) is 26.0 Å². The zero-order chi connectivity index (χ0) is 22.0. The van der Waals surface area contributed by atoms with Gasteiger partial charge in [0.25, 0.3) is 0 Å². The number of urea groups is 1. The lowest BCUT2D eigenvalue weighted by atomic mass is 10.1. The molecule has 1 aromatic carbocycles. The number of carbonyl (C=O) groups excluding carboxylic acids is 1. The molecule has 0 spiro atoms. The molecule has 0 saturated heterocycles. The van der Waals surface area contributed by atoms with Crippen LogP contribution in [0.15, 0.2) is 42.9 Å². The Kier molecular flexibility index (Phi) is 5.57. The lowest BCUT2D eigenvalue weighted by Crippen LogP contribution is -2.48. The minimum atomic E-state index is -0.165. The largest absolute Gasteiger partial charge is 0.497 e. The molecule has 3 aromatic rings. The lowest BCUT2D eigenvalue weighted by Gasteiger charge is -2.36. The molecule has 2 amide bonds. The van der Waals surface area contributed by atoms with Crippen LogP contribution >= 0.6 is 0 Å². The number of nitrogens with zero attached hydrogens (tertiary/aromatic N) is 5. The van der Waals surface area contributed by atoms with Gasteiger partial charge in [-0.3, -0.25) is 14.8 Å². The van der Waals surface area contributed by atoms with Crippen LogP contribution in [0, 0.1) is 6.92 Å². The summed E-state index contributed by atoms with van der Waals surface area (Å²) < 4.78 is 10.9. The van der Waals surface area contributed by atoms with Crippen molar-refractivity contribution in [3.05, 3.63) is 54.0 Å². The van der Waals surface area contributed by atoms with Crippen LogP contribution in [0.1, 0.15) is 18.1 Å². The molecule has 2 aromatic heterocycles. The predicted molar refractivity (Wildman–Crippen MR) is 118 cm³/mol. The Morgan fingerprint density at radius 3 is 2.61 bits per heavy atom. The number of aromatic nitrogens is 3. The molecule has 1 aliphatic rings. The van der Waals surface area contributed by atoms with Crippen molar-refractivity contribution in [1.29, 1.82) is 0 Å². The van der Waals surface area contributed by atoms with Gasteiger partial charge in [0.2, 0.25) is 5.95 Å². The van der Waals surface area contributed by atoms with Gasteiger partial charge in [-0.25, -0.2) is 9.78 Å². The minimum Gasteiger partial charge on any atom is -0.497 e. The lowest BCUT2D eigenvalue weighted by molar-refractivity contribution is 0.250. The molecule has 0 atom stereocenters. The van der Waals surface area contributed by atoms with Crippen LogP contribution in [0.25, 0.3) is 0 Å². The van der Waals surface area contributed by atoms with Crippen LogP contribution in [0.5, 0.6) is 11.5 Å². The maximum atomic E-state index is 13.4. The van der Waals surface area contributed by atoms with Gasteiger partial charge in [0, 0.05) is 54.1 Å². The Bertz CT molecular complexity index is 1110. The first-order valence-electron chi connectivity index (χ1n) is 9.90. The molecule has 160 valence electrons. The SMILES string of the molecule is CCN1C(=O)N(c2cc(OC)cc(OC)c2C)Cc2cnc(Nc3ccncc3)nc21. The molecule has 9 heteroatoms. The third kappa shape index (κ3) is 3.81. The van der Waals surface area contributed by atoms with Crippen molar-refractivity contribution in [2.75, 3.05) is 35.9 Å². The predicted octanol–water partition coefficient (Wildman–Crippen LogP) is 3.91. The number of pyridine rings is 1. The molecule has 31 heavy (non-hydrogen) atoms. The van der Waals surface area contributed by atoms with E-state index in [1.807, 2.05) is 32.0 Å². The van der Waals surface area contributed by atoms with Crippen LogP contribution in [0.3, 0.4) is 0 Å². The average molecular weight is 420 g/mol. The molecule has 1 N–H and O–H groups in total. The smallest absolute Gasteiger partial charge is 0.330 e. The molecule has 4 rings (SSSR count). The molecule has 0 radical (unpaired) electrons. The van der Waals surface area contributed by atoms with Crippen molar-refractivity contribution in [2.24, 2.45) is 0 Å². The summed E-state index contributed by atoms with van der Waals surface area (Å²) >= 11 is 0. The van der Waals surface area contributed by atoms with Gasteiger partial charge in [0.15, 0.2) is 0 Å². The highest BCUT2D eigenvalue weighted by Crippen LogP contribution is 2.38. The highest BCUT2D eigenvalue weighted by molar-refractivity contribution is 6.06. The number of rotatable bonds is 6. The van der Waals surface area contributed by atoms with Crippen LogP contribution < -0.4 is 24.6 Å². The first kappa shape index (κ1) is 20.4. The van der Waals surface area contributed by atoms with Crippen molar-refractivity contribution < 1.29 is 14.3 Å². The van der Waals surface area contributed by atoms with Crippen molar-refractivity contribution >= 4 is 29.2 Å². The average Bonchev–Trinajstić information content (AvgIpc) is 2.80. The fraction of sp³-hybridized carbons (Fsp3) is 0.273. The second kappa shape index (κ2) is 8.47. The fourth-order valence-electron chi connectivity index (χ4n) is 3.57. The van der Waals surface area contributed by atoms with Crippen LogP contribution in [0.2, 0.25) is 0 Å². The number of methoxy groups -OCH3 is 2. The molecule has 9 nitrogen and oxygen atoms in total. The van der Waals surface area contributed by atoms with E-state index < -0.39 is 0 Å². The Hall–Kier alpha value is -3.88. The zero-order valence-corrected chi connectivity index (χ0v) is 17.9. The van der Waals surface area contributed by atoms with E-state index in [0.717, 1.165) is 22.5 Å². The number of fused-ring (bicyclic) bond motifs is 1. The summed E-state index contributed by atoms with van der Waals surface area (Å²) in [4.78, 5) is 29.8. The Labute approximate surface area is 180 Å². The van der Waals surface area contributed by atoms with Crippen LogP contribution in [-0.4, -0.2) is 41.7 Å². The summed E-state index contributed by atoms with van der Waals surface area (Å²) in [6.45, 7) is 4.65. The highest BCUT2D eigenvalue weighted by atomic mass is 16.5. The Morgan fingerprint density at radius 2 is 1.94 bits per heavy atom. The first-order chi connectivity index (χ1) is 15.0. The second-order valence-corrected chi connectivity index (χ2v) is 6.99. The van der Waals surface area contributed by atoms with Gasteiger partial charge in [0.05, 0.1) is 26.5 Å². The molecular weight excluding hydrogens is 396 g/mol. The molecular formula is C22H24N6O3. The number of hydrogen-bond acceptors (Lipinski definition) is 7. The van der Waals surface area contributed by atoms with Gasteiger partial charge in [-0.2, -0.15) is 4.98 Å². The number of amides is 2. The summed E-state index contributed by atoms with van der Waals surface area (Å²) in [6.07, 6.45) is 5.12. The number of benzene rings is 1. The number of ether oxygens (including phenoxy) is 2. The van der Waals surface area contributed by atoms with Crippen molar-refractivity contribution in [2.45, 2.75) is 20.4 Å². The molecule has 3 heterocycles.